The number of ether oxygens (including phenoxy) is 1. The summed E-state index contributed by atoms with van der Waals surface area (Å²) in [6.07, 6.45) is 1.78. The smallest absolute Gasteiger partial charge is 0.237 e. The first-order valence-corrected chi connectivity index (χ1v) is 6.54. The van der Waals surface area contributed by atoms with Gasteiger partial charge in [-0.15, -0.1) is 0 Å². The first kappa shape index (κ1) is 12.4. The second-order valence-electron chi connectivity index (χ2n) is 5.71. The molecule has 19 heavy (non-hydrogen) atoms. The van der Waals surface area contributed by atoms with Crippen LogP contribution in [-0.4, -0.2) is 33.1 Å². The molecule has 0 radical (unpaired) electrons. The molecule has 0 amide bonds. The summed E-state index contributed by atoms with van der Waals surface area (Å²) in [6, 6.07) is 3.68. The molecule has 1 aliphatic heterocycles. The summed E-state index contributed by atoms with van der Waals surface area (Å²) in [5.41, 5.74) is 1.51. The monoisotopic (exact) mass is 278 g/mol. The molecule has 0 aliphatic carbocycles. The van der Waals surface area contributed by atoms with Gasteiger partial charge < -0.3 is 4.74 Å². The Morgan fingerprint density at radius 2 is 2.16 bits per heavy atom. The molecule has 0 spiro atoms. The summed E-state index contributed by atoms with van der Waals surface area (Å²) in [6.45, 7) is 7.05. The van der Waals surface area contributed by atoms with Crippen molar-refractivity contribution in [3.05, 3.63) is 29.2 Å². The van der Waals surface area contributed by atoms with Crippen LogP contribution in [0.25, 0.3) is 5.65 Å². The van der Waals surface area contributed by atoms with Crippen molar-refractivity contribution in [3.63, 3.8) is 0 Å². The first-order chi connectivity index (χ1) is 8.93. The molecule has 0 saturated carbocycles. The molecule has 0 bridgehead atoms. The van der Waals surface area contributed by atoms with E-state index in [1.165, 1.54) is 0 Å². The van der Waals surface area contributed by atoms with Crippen molar-refractivity contribution >= 4 is 23.1 Å². The van der Waals surface area contributed by atoms with Crippen LogP contribution in [0.2, 0.25) is 5.15 Å². The number of nitrogens with zero attached hydrogens (tertiary/aromatic N) is 4. The van der Waals surface area contributed by atoms with Gasteiger partial charge in [0, 0.05) is 0 Å². The second kappa shape index (κ2) is 4.20. The number of rotatable bonds is 1. The number of halogens is 1. The highest BCUT2D eigenvalue weighted by Crippen LogP contribution is 2.27. The summed E-state index contributed by atoms with van der Waals surface area (Å²) in [4.78, 5) is 9.04. The molecule has 100 valence electrons. The average molecular weight is 279 g/mol. The summed E-state index contributed by atoms with van der Waals surface area (Å²) in [5, 5.41) is 4.57. The lowest BCUT2D eigenvalue weighted by Gasteiger charge is -2.21. The highest BCUT2D eigenvalue weighted by atomic mass is 35.5. The molecular formula is C13H15ClN4O. The second-order valence-corrected chi connectivity index (χ2v) is 6.10. The normalized spacial score (nSPS) is 19.6. The van der Waals surface area contributed by atoms with Crippen LogP contribution in [0.3, 0.4) is 0 Å². The Hall–Kier alpha value is -1.62. The highest BCUT2D eigenvalue weighted by Gasteiger charge is 2.31. The zero-order valence-electron chi connectivity index (χ0n) is 11.1. The number of hydrogen-bond acceptors (Lipinski definition) is 4. The van der Waals surface area contributed by atoms with E-state index in [4.69, 9.17) is 16.3 Å². The van der Waals surface area contributed by atoms with E-state index in [1.54, 1.807) is 16.8 Å². The van der Waals surface area contributed by atoms with Crippen LogP contribution in [0.4, 0.5) is 0 Å². The summed E-state index contributed by atoms with van der Waals surface area (Å²) in [5.74, 6) is 0.585. The Morgan fingerprint density at radius 1 is 1.37 bits per heavy atom. The zero-order chi connectivity index (χ0) is 13.6. The third kappa shape index (κ3) is 2.30. The molecular weight excluding hydrogens is 264 g/mol. The molecule has 1 unspecified atom stereocenters. The first-order valence-electron chi connectivity index (χ1n) is 6.16. The van der Waals surface area contributed by atoms with Gasteiger partial charge in [-0.3, -0.25) is 0 Å². The van der Waals surface area contributed by atoms with Gasteiger partial charge in [0.15, 0.2) is 5.65 Å². The summed E-state index contributed by atoms with van der Waals surface area (Å²) in [7, 11) is 0. The fourth-order valence-electron chi connectivity index (χ4n) is 1.92. The minimum absolute atomic E-state index is 0.0858. The van der Waals surface area contributed by atoms with Crippen molar-refractivity contribution in [2.24, 2.45) is 10.4 Å². The molecule has 3 rings (SSSR count). The number of fused-ring (bicyclic) bond motifs is 1. The maximum Gasteiger partial charge on any atom is 0.237 e. The highest BCUT2D eigenvalue weighted by molar-refractivity contribution is 6.29. The summed E-state index contributed by atoms with van der Waals surface area (Å²) >= 11 is 5.85. The molecule has 6 heteroatoms. The SMILES string of the molecule is CC(C)(C)C1COC(c2cn3nc(Cl)ccc3n2)=N1. The maximum atomic E-state index is 5.85. The Labute approximate surface area is 116 Å². The van der Waals surface area contributed by atoms with E-state index in [9.17, 15) is 0 Å². The van der Waals surface area contributed by atoms with Crippen molar-refractivity contribution in [3.8, 4) is 0 Å². The summed E-state index contributed by atoms with van der Waals surface area (Å²) < 4.78 is 7.28. The number of aliphatic imine (C=N–C) groups is 1. The van der Waals surface area contributed by atoms with Gasteiger partial charge in [-0.05, 0) is 17.5 Å². The molecule has 0 aromatic carbocycles. The number of hydrogen-bond donors (Lipinski definition) is 0. The Bertz CT molecular complexity index is 656. The molecule has 0 N–H and O–H groups in total. The van der Waals surface area contributed by atoms with E-state index < -0.39 is 0 Å². The van der Waals surface area contributed by atoms with Gasteiger partial charge in [-0.1, -0.05) is 32.4 Å². The van der Waals surface area contributed by atoms with Crippen LogP contribution >= 0.6 is 11.6 Å². The van der Waals surface area contributed by atoms with Gasteiger partial charge in [0.1, 0.15) is 17.5 Å². The van der Waals surface area contributed by atoms with Gasteiger partial charge >= 0.3 is 0 Å². The topological polar surface area (TPSA) is 51.8 Å². The lowest BCUT2D eigenvalue weighted by atomic mass is 9.88. The van der Waals surface area contributed by atoms with Gasteiger partial charge in [-0.2, -0.15) is 5.10 Å². The lowest BCUT2D eigenvalue weighted by molar-refractivity contribution is 0.235. The van der Waals surface area contributed by atoms with E-state index >= 15 is 0 Å². The minimum Gasteiger partial charge on any atom is -0.474 e. The van der Waals surface area contributed by atoms with Crippen LogP contribution in [0, 0.1) is 5.41 Å². The van der Waals surface area contributed by atoms with E-state index in [2.05, 4.69) is 35.8 Å². The fraction of sp³-hybridized carbons (Fsp3) is 0.462. The van der Waals surface area contributed by atoms with E-state index in [0.29, 0.717) is 23.4 Å². The zero-order valence-corrected chi connectivity index (χ0v) is 11.8. The van der Waals surface area contributed by atoms with E-state index in [-0.39, 0.29) is 11.5 Å². The van der Waals surface area contributed by atoms with Gasteiger partial charge in [-0.25, -0.2) is 14.5 Å². The van der Waals surface area contributed by atoms with Crippen molar-refractivity contribution in [2.75, 3.05) is 6.61 Å². The number of aromatic nitrogens is 3. The van der Waals surface area contributed by atoms with E-state index in [0.717, 1.165) is 5.65 Å². The molecule has 0 fully saturated rings. The standard InChI is InChI=1S/C13H15ClN4O/c1-13(2,3)9-7-19-12(16-9)8-6-18-11(15-8)5-4-10(14)17-18/h4-6,9H,7H2,1-3H3. The Kier molecular flexibility index (Phi) is 2.74. The molecule has 1 aliphatic rings. The van der Waals surface area contributed by atoms with Gasteiger partial charge in [0.05, 0.1) is 12.2 Å². The molecule has 3 heterocycles. The average Bonchev–Trinajstić information content (AvgIpc) is 2.92. The number of imidazole rings is 1. The Balaban J connectivity index is 1.97. The van der Waals surface area contributed by atoms with Crippen molar-refractivity contribution in [2.45, 2.75) is 26.8 Å². The minimum atomic E-state index is 0.0858. The predicted molar refractivity (Wildman–Crippen MR) is 73.7 cm³/mol. The van der Waals surface area contributed by atoms with Crippen molar-refractivity contribution in [1.29, 1.82) is 0 Å². The van der Waals surface area contributed by atoms with E-state index in [1.807, 2.05) is 6.07 Å². The Morgan fingerprint density at radius 3 is 2.84 bits per heavy atom. The molecule has 2 aromatic rings. The van der Waals surface area contributed by atoms with Gasteiger partial charge in [0.25, 0.3) is 0 Å². The maximum absolute atomic E-state index is 5.85. The van der Waals surface area contributed by atoms with Crippen LogP contribution < -0.4 is 0 Å². The van der Waals surface area contributed by atoms with Crippen LogP contribution in [0.1, 0.15) is 26.5 Å². The van der Waals surface area contributed by atoms with Crippen LogP contribution in [0.5, 0.6) is 0 Å². The third-order valence-electron chi connectivity index (χ3n) is 3.16. The molecule has 2 aromatic heterocycles. The van der Waals surface area contributed by atoms with Gasteiger partial charge in [0.2, 0.25) is 5.90 Å². The van der Waals surface area contributed by atoms with Crippen molar-refractivity contribution in [1.82, 2.24) is 14.6 Å². The molecule has 0 saturated heterocycles. The quantitative estimate of drug-likeness (QED) is 0.806. The van der Waals surface area contributed by atoms with Crippen LogP contribution in [0.15, 0.2) is 23.3 Å². The van der Waals surface area contributed by atoms with Crippen LogP contribution in [-0.2, 0) is 4.74 Å². The lowest BCUT2D eigenvalue weighted by Crippen LogP contribution is -2.25. The third-order valence-corrected chi connectivity index (χ3v) is 3.36. The fourth-order valence-corrected chi connectivity index (χ4v) is 2.06. The van der Waals surface area contributed by atoms with Crippen molar-refractivity contribution < 1.29 is 4.74 Å². The molecule has 1 atom stereocenters. The molecule has 5 nitrogen and oxygen atoms in total. The largest absolute Gasteiger partial charge is 0.474 e. The predicted octanol–water partition coefficient (Wildman–Crippen LogP) is 2.57.